The Labute approximate surface area is 543 Å². The number of ether oxygens (including phenoxy) is 4. The third kappa shape index (κ3) is 64.6. The highest BCUT2D eigenvalue weighted by Crippen LogP contribution is 2.45. The van der Waals surface area contributed by atoms with Crippen LogP contribution in [-0.2, 0) is 65.4 Å². The zero-order valence-electron chi connectivity index (χ0n) is 57.6. The predicted octanol–water partition coefficient (Wildman–Crippen LogP) is 20.1. The van der Waals surface area contributed by atoms with Gasteiger partial charge in [-0.05, 0) is 31.6 Å². The molecule has 89 heavy (non-hydrogen) atoms. The van der Waals surface area contributed by atoms with Gasteiger partial charge in [-0.15, -0.1) is 0 Å². The molecule has 0 aromatic heterocycles. The van der Waals surface area contributed by atoms with Crippen molar-refractivity contribution in [1.29, 1.82) is 0 Å². The first-order chi connectivity index (χ1) is 43.0. The molecule has 0 fully saturated rings. The van der Waals surface area contributed by atoms with Crippen LogP contribution in [0.25, 0.3) is 0 Å². The molecular weight excluding hydrogens is 1170 g/mol. The van der Waals surface area contributed by atoms with Gasteiger partial charge in [-0.2, -0.15) is 0 Å². The molecule has 0 saturated carbocycles. The summed E-state index contributed by atoms with van der Waals surface area (Å²) in [6.07, 6.45) is 51.0. The van der Waals surface area contributed by atoms with Crippen LogP contribution >= 0.6 is 15.6 Å². The van der Waals surface area contributed by atoms with E-state index in [1.807, 2.05) is 0 Å². The molecule has 0 aromatic carbocycles. The first kappa shape index (κ1) is 87.1. The molecule has 0 amide bonds. The van der Waals surface area contributed by atoms with Crippen LogP contribution in [0.2, 0.25) is 0 Å². The molecule has 0 aromatic rings. The van der Waals surface area contributed by atoms with E-state index < -0.39 is 97.5 Å². The largest absolute Gasteiger partial charge is 0.472 e. The van der Waals surface area contributed by atoms with E-state index in [0.717, 1.165) is 102 Å². The minimum atomic E-state index is -4.95. The number of aliphatic hydroxyl groups is 1. The Hall–Kier alpha value is -1.94. The fourth-order valence-corrected chi connectivity index (χ4v) is 12.2. The third-order valence-electron chi connectivity index (χ3n) is 16.3. The number of carbonyl (C=O) groups is 4. The molecule has 0 aliphatic heterocycles. The average molecular weight is 1310 g/mol. The van der Waals surface area contributed by atoms with E-state index in [0.29, 0.717) is 25.7 Å². The molecule has 0 bridgehead atoms. The number of rotatable bonds is 70. The van der Waals surface area contributed by atoms with E-state index >= 15 is 0 Å². The number of phosphoric ester groups is 2. The number of aliphatic hydroxyl groups excluding tert-OH is 1. The summed E-state index contributed by atoms with van der Waals surface area (Å²) < 4.78 is 67.8. The van der Waals surface area contributed by atoms with Crippen LogP contribution in [0.5, 0.6) is 0 Å². The molecule has 528 valence electrons. The highest BCUT2D eigenvalue weighted by atomic mass is 31.2. The van der Waals surface area contributed by atoms with Crippen LogP contribution < -0.4 is 0 Å². The molecule has 0 aliphatic rings. The quantitative estimate of drug-likeness (QED) is 0.0222. The van der Waals surface area contributed by atoms with E-state index in [4.69, 9.17) is 37.0 Å². The fourth-order valence-electron chi connectivity index (χ4n) is 10.6. The lowest BCUT2D eigenvalue weighted by Crippen LogP contribution is -2.30. The van der Waals surface area contributed by atoms with Crippen LogP contribution in [0.3, 0.4) is 0 Å². The highest BCUT2D eigenvalue weighted by Gasteiger charge is 2.30. The number of esters is 4. The van der Waals surface area contributed by atoms with E-state index in [-0.39, 0.29) is 25.7 Å². The zero-order valence-corrected chi connectivity index (χ0v) is 59.4. The minimum Gasteiger partial charge on any atom is -0.462 e. The first-order valence-electron chi connectivity index (χ1n) is 36.6. The van der Waals surface area contributed by atoms with Gasteiger partial charge in [0.1, 0.15) is 19.3 Å². The first-order valence-corrected chi connectivity index (χ1v) is 39.6. The second-order valence-electron chi connectivity index (χ2n) is 25.7. The summed E-state index contributed by atoms with van der Waals surface area (Å²) in [7, 11) is -9.87. The van der Waals surface area contributed by atoms with Crippen molar-refractivity contribution in [1.82, 2.24) is 0 Å². The molecular formula is C70H136O17P2. The van der Waals surface area contributed by atoms with Crippen molar-refractivity contribution in [3.05, 3.63) is 0 Å². The summed E-state index contributed by atoms with van der Waals surface area (Å²) in [6, 6.07) is 0. The van der Waals surface area contributed by atoms with Gasteiger partial charge in [0, 0.05) is 25.7 Å². The smallest absolute Gasteiger partial charge is 0.462 e. The van der Waals surface area contributed by atoms with Gasteiger partial charge in [0.15, 0.2) is 12.2 Å². The summed E-state index contributed by atoms with van der Waals surface area (Å²) >= 11 is 0. The van der Waals surface area contributed by atoms with Gasteiger partial charge >= 0.3 is 39.5 Å². The number of carbonyl (C=O) groups excluding carboxylic acids is 4. The van der Waals surface area contributed by atoms with Crippen molar-refractivity contribution in [2.75, 3.05) is 39.6 Å². The van der Waals surface area contributed by atoms with Gasteiger partial charge in [-0.1, -0.05) is 311 Å². The van der Waals surface area contributed by atoms with Crippen LogP contribution in [0.1, 0.15) is 362 Å². The standard InChI is InChI=1S/C70H136O17P2/c1-6-9-12-15-16-17-18-19-20-21-25-28-31-34-37-40-45-49-54-68(73)81-60-66(87-70(75)56-51-46-41-38-35-32-29-26-23-22-24-27-30-33-36-39-44-47-52-63(4)5)62-85-89(78,79)83-58-64(71)57-82-88(76,77)84-61-65(86-69(74)55-50-43-14-11-8-3)59-80-67(72)53-48-42-13-10-7-2/h63-66,71H,6-62H2,1-5H3,(H,76,77)(H,78,79)/t64-,65+,66+/m0/s1. The lowest BCUT2D eigenvalue weighted by molar-refractivity contribution is -0.161. The second kappa shape index (κ2) is 63.5. The Kier molecular flexibility index (Phi) is 62.1. The molecule has 2 unspecified atom stereocenters. The summed E-state index contributed by atoms with van der Waals surface area (Å²) in [5, 5.41) is 10.5. The van der Waals surface area contributed by atoms with E-state index in [2.05, 4.69) is 34.6 Å². The molecule has 17 nitrogen and oxygen atoms in total. The summed E-state index contributed by atoms with van der Waals surface area (Å²) in [5.74, 6) is -1.33. The molecule has 0 saturated heterocycles. The van der Waals surface area contributed by atoms with Crippen molar-refractivity contribution in [2.24, 2.45) is 5.92 Å². The molecule has 3 N–H and O–H groups in total. The zero-order chi connectivity index (χ0) is 65.6. The maximum absolute atomic E-state index is 13.0. The van der Waals surface area contributed by atoms with Gasteiger partial charge in [0.05, 0.1) is 26.4 Å². The topological polar surface area (TPSA) is 237 Å². The fraction of sp³-hybridized carbons (Fsp3) is 0.943. The van der Waals surface area contributed by atoms with E-state index in [1.165, 1.54) is 180 Å². The highest BCUT2D eigenvalue weighted by molar-refractivity contribution is 7.47. The molecule has 5 atom stereocenters. The Morgan fingerprint density at radius 3 is 0.764 bits per heavy atom. The second-order valence-corrected chi connectivity index (χ2v) is 28.7. The Morgan fingerprint density at radius 2 is 0.517 bits per heavy atom. The van der Waals surface area contributed by atoms with Crippen molar-refractivity contribution in [3.8, 4) is 0 Å². The van der Waals surface area contributed by atoms with Crippen molar-refractivity contribution in [3.63, 3.8) is 0 Å². The summed E-state index contributed by atoms with van der Waals surface area (Å²) in [4.78, 5) is 71.9. The van der Waals surface area contributed by atoms with Crippen LogP contribution in [0.15, 0.2) is 0 Å². The monoisotopic (exact) mass is 1310 g/mol. The average Bonchev–Trinajstić information content (AvgIpc) is 3.72. The molecule has 0 radical (unpaired) electrons. The van der Waals surface area contributed by atoms with Crippen LogP contribution in [-0.4, -0.2) is 96.7 Å². The van der Waals surface area contributed by atoms with Gasteiger partial charge < -0.3 is 33.8 Å². The van der Waals surface area contributed by atoms with E-state index in [9.17, 15) is 43.2 Å². The Morgan fingerprint density at radius 1 is 0.303 bits per heavy atom. The normalized spacial score (nSPS) is 14.1. The van der Waals surface area contributed by atoms with Crippen molar-refractivity contribution < 1.29 is 80.2 Å². The summed E-state index contributed by atoms with van der Waals surface area (Å²) in [5.41, 5.74) is 0. The maximum Gasteiger partial charge on any atom is 0.472 e. The molecule has 0 heterocycles. The molecule has 0 spiro atoms. The van der Waals surface area contributed by atoms with Gasteiger partial charge in [0.2, 0.25) is 0 Å². The predicted molar refractivity (Wildman–Crippen MR) is 358 cm³/mol. The van der Waals surface area contributed by atoms with Gasteiger partial charge in [-0.25, -0.2) is 9.13 Å². The van der Waals surface area contributed by atoms with Gasteiger partial charge in [0.25, 0.3) is 0 Å². The minimum absolute atomic E-state index is 0.0991. The lowest BCUT2D eigenvalue weighted by Gasteiger charge is -2.21. The number of hydrogen-bond acceptors (Lipinski definition) is 15. The Balaban J connectivity index is 5.03. The lowest BCUT2D eigenvalue weighted by atomic mass is 10.0. The van der Waals surface area contributed by atoms with Crippen molar-refractivity contribution in [2.45, 2.75) is 380 Å². The number of unbranched alkanes of at least 4 members (excludes halogenated alkanes) is 42. The van der Waals surface area contributed by atoms with Crippen LogP contribution in [0.4, 0.5) is 0 Å². The summed E-state index contributed by atoms with van der Waals surface area (Å²) in [6.45, 7) is 7.09. The molecule has 0 aliphatic carbocycles. The van der Waals surface area contributed by atoms with Gasteiger partial charge in [-0.3, -0.25) is 37.3 Å². The number of phosphoric acid groups is 2. The third-order valence-corrected chi connectivity index (χ3v) is 18.2. The van der Waals surface area contributed by atoms with Crippen molar-refractivity contribution >= 4 is 39.5 Å². The molecule has 0 rings (SSSR count). The van der Waals surface area contributed by atoms with E-state index in [1.54, 1.807) is 0 Å². The number of hydrogen-bond donors (Lipinski definition) is 3. The van der Waals surface area contributed by atoms with Crippen LogP contribution in [0, 0.1) is 5.92 Å². The Bertz CT molecular complexity index is 1720. The maximum atomic E-state index is 13.0. The SMILES string of the molecule is CCCCCCCCCCCCCCCCCCCCC(=O)OC[C@H](COP(=O)(O)OC[C@@H](O)COP(=O)(O)OC[C@@H](COC(=O)CCCCCCC)OC(=O)CCCCCCC)OC(=O)CCCCCCCCCCCCCCCCCCCCC(C)C. The molecule has 19 heteroatoms.